The molecule has 0 amide bonds. The average Bonchev–Trinajstić information content (AvgIpc) is 1.89. The van der Waals surface area contributed by atoms with Crippen LogP contribution >= 0.6 is 11.6 Å². The normalized spacial score (nSPS) is 9.44. The summed E-state index contributed by atoms with van der Waals surface area (Å²) in [5.41, 5.74) is 0.694. The van der Waals surface area contributed by atoms with E-state index in [1.165, 1.54) is 6.20 Å². The minimum Gasteiger partial charge on any atom is -0.285 e. The van der Waals surface area contributed by atoms with E-state index in [2.05, 4.69) is 0 Å². The zero-order valence-electron chi connectivity index (χ0n) is 4.79. The van der Waals surface area contributed by atoms with Crippen LogP contribution in [0.5, 0.6) is 0 Å². The maximum Gasteiger partial charge on any atom is 0.248 e. The number of hydrogen-bond donors (Lipinski definition) is 1. The van der Waals surface area contributed by atoms with Crippen LogP contribution in [0.15, 0.2) is 24.4 Å². The minimum atomic E-state index is 0.331. The highest BCUT2D eigenvalue weighted by Gasteiger charge is 2.03. The summed E-state index contributed by atoms with van der Waals surface area (Å²) in [7, 11) is 0. The molecule has 0 radical (unpaired) electrons. The summed E-state index contributed by atoms with van der Waals surface area (Å²) in [4.78, 5) is 0. The fourth-order valence-corrected chi connectivity index (χ4v) is 0.787. The summed E-state index contributed by atoms with van der Waals surface area (Å²) in [6.07, 6.45) is 1.54. The molecule has 2 nitrogen and oxygen atoms in total. The van der Waals surface area contributed by atoms with Gasteiger partial charge in [0.2, 0.25) is 11.9 Å². The van der Waals surface area contributed by atoms with Crippen LogP contribution in [0.2, 0.25) is 0 Å². The van der Waals surface area contributed by atoms with Crippen molar-refractivity contribution in [2.24, 2.45) is 0 Å². The molecule has 0 aromatic carbocycles. The quantitative estimate of drug-likeness (QED) is 0.354. The van der Waals surface area contributed by atoms with E-state index in [-0.39, 0.29) is 0 Å². The van der Waals surface area contributed by atoms with Crippen LogP contribution in [0, 0.1) is 0 Å². The Balaban J connectivity index is 3.01. The molecule has 1 rings (SSSR count). The van der Waals surface area contributed by atoms with Crippen LogP contribution in [0.25, 0.3) is 0 Å². The van der Waals surface area contributed by atoms with Crippen LogP contribution in [-0.2, 0) is 5.88 Å². The molecule has 1 aromatic rings. The van der Waals surface area contributed by atoms with Crippen molar-refractivity contribution in [1.82, 2.24) is 0 Å². The molecule has 9 heavy (non-hydrogen) atoms. The van der Waals surface area contributed by atoms with E-state index in [0.29, 0.717) is 11.6 Å². The van der Waals surface area contributed by atoms with E-state index >= 15 is 0 Å². The van der Waals surface area contributed by atoms with Gasteiger partial charge in [-0.15, -0.1) is 11.6 Å². The summed E-state index contributed by atoms with van der Waals surface area (Å²) in [6, 6.07) is 5.31. The van der Waals surface area contributed by atoms with E-state index in [0.717, 1.165) is 4.73 Å². The first kappa shape index (κ1) is 6.36. The summed E-state index contributed by atoms with van der Waals surface area (Å²) < 4.78 is 1.01. The summed E-state index contributed by atoms with van der Waals surface area (Å²) in [5, 5.41) is 8.94. The van der Waals surface area contributed by atoms with Gasteiger partial charge < -0.3 is 0 Å². The lowest BCUT2D eigenvalue weighted by atomic mass is 10.4. The molecule has 1 heterocycles. The first-order chi connectivity index (χ1) is 4.34. The van der Waals surface area contributed by atoms with Gasteiger partial charge in [0.1, 0.15) is 5.88 Å². The number of rotatable bonds is 1. The SMILES string of the molecule is O[n+]1ccccc1CCl. The van der Waals surface area contributed by atoms with Gasteiger partial charge in [0, 0.05) is 16.9 Å². The van der Waals surface area contributed by atoms with Gasteiger partial charge in [-0.25, -0.2) is 0 Å². The third-order valence-electron chi connectivity index (χ3n) is 1.06. The highest BCUT2D eigenvalue weighted by Crippen LogP contribution is 1.93. The van der Waals surface area contributed by atoms with Crippen molar-refractivity contribution in [2.75, 3.05) is 0 Å². The highest BCUT2D eigenvalue weighted by molar-refractivity contribution is 6.16. The Morgan fingerprint density at radius 1 is 1.56 bits per heavy atom. The van der Waals surface area contributed by atoms with Gasteiger partial charge in [0.15, 0.2) is 0 Å². The summed E-state index contributed by atoms with van der Waals surface area (Å²) >= 11 is 5.45. The molecule has 1 N–H and O–H groups in total. The molecule has 1 aromatic heterocycles. The number of nitrogens with zero attached hydrogens (tertiary/aromatic N) is 1. The van der Waals surface area contributed by atoms with Gasteiger partial charge in [-0.1, -0.05) is 0 Å². The lowest BCUT2D eigenvalue weighted by Crippen LogP contribution is -2.33. The Kier molecular flexibility index (Phi) is 1.90. The van der Waals surface area contributed by atoms with Crippen molar-refractivity contribution in [3.05, 3.63) is 30.1 Å². The Hall–Kier alpha value is -0.760. The number of alkyl halides is 1. The molecular weight excluding hydrogens is 138 g/mol. The maximum atomic E-state index is 8.94. The van der Waals surface area contributed by atoms with Crippen molar-refractivity contribution < 1.29 is 9.94 Å². The summed E-state index contributed by atoms with van der Waals surface area (Å²) in [5.74, 6) is 0.331. The highest BCUT2D eigenvalue weighted by atomic mass is 35.5. The molecular formula is C6H7ClNO+. The molecule has 0 bridgehead atoms. The Morgan fingerprint density at radius 2 is 2.33 bits per heavy atom. The number of pyridine rings is 1. The lowest BCUT2D eigenvalue weighted by Gasteiger charge is -1.86. The predicted molar refractivity (Wildman–Crippen MR) is 33.4 cm³/mol. The van der Waals surface area contributed by atoms with Crippen LogP contribution < -0.4 is 4.73 Å². The third kappa shape index (κ3) is 1.33. The fourth-order valence-electron chi connectivity index (χ4n) is 0.576. The number of halogens is 1. The van der Waals surface area contributed by atoms with E-state index in [9.17, 15) is 0 Å². The van der Waals surface area contributed by atoms with Crippen molar-refractivity contribution in [3.8, 4) is 0 Å². The van der Waals surface area contributed by atoms with Gasteiger partial charge in [0.05, 0.1) is 0 Å². The minimum absolute atomic E-state index is 0.331. The van der Waals surface area contributed by atoms with Gasteiger partial charge in [-0.2, -0.15) is 0 Å². The van der Waals surface area contributed by atoms with E-state index in [4.69, 9.17) is 16.8 Å². The maximum absolute atomic E-state index is 8.94. The molecule has 0 unspecified atom stereocenters. The Labute approximate surface area is 58.3 Å². The Morgan fingerprint density at radius 3 is 2.78 bits per heavy atom. The van der Waals surface area contributed by atoms with Crippen LogP contribution in [-0.4, -0.2) is 5.21 Å². The fraction of sp³-hybridized carbons (Fsp3) is 0.167. The molecule has 0 aliphatic rings. The van der Waals surface area contributed by atoms with Crippen LogP contribution in [0.1, 0.15) is 5.69 Å². The molecule has 48 valence electrons. The standard InChI is InChI=1S/C6H7ClNO/c7-5-6-3-1-2-4-8(6)9/h1-4,9H,5H2/q+1. The molecule has 0 aliphatic carbocycles. The van der Waals surface area contributed by atoms with E-state index in [1.807, 2.05) is 6.07 Å². The third-order valence-corrected chi connectivity index (χ3v) is 1.33. The summed E-state index contributed by atoms with van der Waals surface area (Å²) in [6.45, 7) is 0. The van der Waals surface area contributed by atoms with E-state index in [1.54, 1.807) is 12.1 Å². The van der Waals surface area contributed by atoms with Gasteiger partial charge in [-0.3, -0.25) is 5.21 Å². The second-order valence-electron chi connectivity index (χ2n) is 1.67. The largest absolute Gasteiger partial charge is 0.285 e. The molecule has 0 atom stereocenters. The number of aromatic nitrogens is 1. The van der Waals surface area contributed by atoms with E-state index < -0.39 is 0 Å². The Bertz CT molecular complexity index is 202. The predicted octanol–water partition coefficient (Wildman–Crippen LogP) is 0.950. The van der Waals surface area contributed by atoms with Crippen molar-refractivity contribution in [1.29, 1.82) is 0 Å². The van der Waals surface area contributed by atoms with Crippen LogP contribution in [0.4, 0.5) is 0 Å². The zero-order chi connectivity index (χ0) is 6.69. The molecule has 3 heteroatoms. The molecule has 0 saturated carbocycles. The monoisotopic (exact) mass is 144 g/mol. The zero-order valence-corrected chi connectivity index (χ0v) is 5.54. The lowest BCUT2D eigenvalue weighted by molar-refractivity contribution is -0.909. The van der Waals surface area contributed by atoms with Crippen molar-refractivity contribution in [2.45, 2.75) is 5.88 Å². The molecule has 0 saturated heterocycles. The van der Waals surface area contributed by atoms with Gasteiger partial charge in [0.25, 0.3) is 0 Å². The molecule has 0 aliphatic heterocycles. The molecule has 0 fully saturated rings. The smallest absolute Gasteiger partial charge is 0.248 e. The first-order valence-electron chi connectivity index (χ1n) is 2.59. The van der Waals surface area contributed by atoms with Gasteiger partial charge in [-0.05, 0) is 6.07 Å². The first-order valence-corrected chi connectivity index (χ1v) is 3.13. The average molecular weight is 145 g/mol. The topological polar surface area (TPSA) is 24.1 Å². The second kappa shape index (κ2) is 2.69. The second-order valence-corrected chi connectivity index (χ2v) is 1.94. The van der Waals surface area contributed by atoms with Crippen molar-refractivity contribution >= 4 is 11.6 Å². The van der Waals surface area contributed by atoms with Crippen LogP contribution in [0.3, 0.4) is 0 Å². The van der Waals surface area contributed by atoms with Crippen molar-refractivity contribution in [3.63, 3.8) is 0 Å². The molecule has 0 spiro atoms. The number of hydrogen-bond acceptors (Lipinski definition) is 1. The van der Waals surface area contributed by atoms with Gasteiger partial charge >= 0.3 is 0 Å².